The van der Waals surface area contributed by atoms with Gasteiger partial charge in [-0.05, 0) is 37.1 Å². The molecule has 0 saturated carbocycles. The number of rotatable bonds is 12. The van der Waals surface area contributed by atoms with Gasteiger partial charge in [0.1, 0.15) is 23.5 Å². The summed E-state index contributed by atoms with van der Waals surface area (Å²) in [6.07, 6.45) is -3.93. The Hall–Kier alpha value is -4.19. The smallest absolute Gasteiger partial charge is 0.380 e. The fourth-order valence-corrected chi connectivity index (χ4v) is 6.50. The van der Waals surface area contributed by atoms with E-state index in [1.54, 1.807) is 37.3 Å². The lowest BCUT2D eigenvalue weighted by atomic mass is 9.93. The van der Waals surface area contributed by atoms with Crippen LogP contribution in [-0.4, -0.2) is 51.1 Å². The Morgan fingerprint density at radius 3 is 2.44 bits per heavy atom. The molecule has 3 aromatic rings. The van der Waals surface area contributed by atoms with Crippen molar-refractivity contribution in [1.29, 1.82) is 0 Å². The first-order chi connectivity index (χ1) is 20.5. The number of carbonyl (C=O) groups is 1. The van der Waals surface area contributed by atoms with Crippen LogP contribution in [0.25, 0.3) is 10.4 Å². The lowest BCUT2D eigenvalue weighted by Crippen LogP contribution is -2.45. The maximum absolute atomic E-state index is 14.1. The number of nitrogens with zero attached hydrogens (tertiary/aromatic N) is 4. The van der Waals surface area contributed by atoms with Crippen LogP contribution < -0.4 is 15.8 Å². The number of H-pyrrole nitrogens is 1. The van der Waals surface area contributed by atoms with E-state index < -0.39 is 67.4 Å². The molecule has 1 unspecified atom stereocenters. The molecule has 1 aliphatic heterocycles. The van der Waals surface area contributed by atoms with Crippen molar-refractivity contribution < 1.29 is 33.0 Å². The lowest BCUT2D eigenvalue weighted by Gasteiger charge is -2.28. The minimum atomic E-state index is -4.12. The molecule has 14 nitrogen and oxygen atoms in total. The first-order valence-corrected chi connectivity index (χ1v) is 15.1. The quantitative estimate of drug-likeness (QED) is 0.0994. The van der Waals surface area contributed by atoms with E-state index in [0.29, 0.717) is 0 Å². The average molecular weight is 614 g/mol. The van der Waals surface area contributed by atoms with Crippen LogP contribution in [0, 0.1) is 5.92 Å². The summed E-state index contributed by atoms with van der Waals surface area (Å²) >= 11 is 0. The van der Waals surface area contributed by atoms with Gasteiger partial charge in [0.2, 0.25) is 0 Å². The van der Waals surface area contributed by atoms with Crippen molar-refractivity contribution in [3.63, 3.8) is 0 Å². The summed E-state index contributed by atoms with van der Waals surface area (Å²) in [5.74, 6) is -1.33. The molecule has 1 fully saturated rings. The molecule has 0 radical (unpaired) electrons. The van der Waals surface area contributed by atoms with Crippen molar-refractivity contribution in [1.82, 2.24) is 9.55 Å². The van der Waals surface area contributed by atoms with Gasteiger partial charge in [0.05, 0.1) is 24.8 Å². The largest absolute Gasteiger partial charge is 0.458 e. The molecule has 15 heteroatoms. The highest BCUT2D eigenvalue weighted by atomic mass is 31.2. The average Bonchev–Trinajstić information content (AvgIpc) is 3.22. The molecule has 43 heavy (non-hydrogen) atoms. The molecule has 7 atom stereocenters. The zero-order valence-electron chi connectivity index (χ0n) is 23.7. The number of aliphatic hydroxyl groups is 1. The molecule has 0 spiro atoms. The van der Waals surface area contributed by atoms with Gasteiger partial charge in [0, 0.05) is 17.2 Å². The number of benzene rings is 2. The Balaban J connectivity index is 1.54. The van der Waals surface area contributed by atoms with Crippen molar-refractivity contribution in [3.8, 4) is 5.75 Å². The number of azide groups is 1. The molecule has 1 aromatic heterocycles. The van der Waals surface area contributed by atoms with Gasteiger partial charge >= 0.3 is 19.3 Å². The van der Waals surface area contributed by atoms with E-state index in [9.17, 15) is 29.6 Å². The van der Waals surface area contributed by atoms with Crippen molar-refractivity contribution >= 4 is 13.6 Å². The van der Waals surface area contributed by atoms with E-state index in [1.165, 1.54) is 13.8 Å². The lowest BCUT2D eigenvalue weighted by molar-refractivity contribution is -0.152. The number of aliphatic hydroxyl groups excluding tert-OH is 1. The number of ether oxygens (including phenoxy) is 2. The zero-order valence-corrected chi connectivity index (χ0v) is 24.6. The molecule has 0 aliphatic carbocycles. The first kappa shape index (κ1) is 31.7. The third-order valence-electron chi connectivity index (χ3n) is 7.00. The predicted molar refractivity (Wildman–Crippen MR) is 154 cm³/mol. The Morgan fingerprint density at radius 1 is 1.16 bits per heavy atom. The first-order valence-electron chi connectivity index (χ1n) is 13.4. The number of hydrogen-bond donors (Lipinski definition) is 2. The zero-order chi connectivity index (χ0) is 31.2. The van der Waals surface area contributed by atoms with Crippen LogP contribution in [0.4, 0.5) is 0 Å². The molecule has 0 amide bonds. The Morgan fingerprint density at radius 2 is 1.81 bits per heavy atom. The fourth-order valence-electron chi connectivity index (χ4n) is 4.63. The number of carbonyl (C=O) groups excluding carboxylic acids is 1. The van der Waals surface area contributed by atoms with E-state index in [2.05, 4.69) is 15.0 Å². The normalized spacial score (nSPS) is 24.2. The van der Waals surface area contributed by atoms with Crippen LogP contribution in [0.2, 0.25) is 0 Å². The second-order valence-corrected chi connectivity index (χ2v) is 12.3. The minimum absolute atomic E-state index is 0.216. The van der Waals surface area contributed by atoms with Crippen molar-refractivity contribution in [2.24, 2.45) is 11.0 Å². The highest BCUT2D eigenvalue weighted by Gasteiger charge is 2.54. The van der Waals surface area contributed by atoms with E-state index >= 15 is 0 Å². The molecule has 2 N–H and O–H groups in total. The number of esters is 1. The third kappa shape index (κ3) is 7.42. The third-order valence-corrected chi connectivity index (χ3v) is 9.03. The second kappa shape index (κ2) is 13.4. The van der Waals surface area contributed by atoms with Gasteiger partial charge in [-0.1, -0.05) is 60.6 Å². The van der Waals surface area contributed by atoms with E-state index in [1.807, 2.05) is 30.3 Å². The molecule has 228 valence electrons. The predicted octanol–water partition coefficient (Wildman–Crippen LogP) is 4.09. The van der Waals surface area contributed by atoms with E-state index in [-0.39, 0.29) is 11.9 Å². The number of para-hydroxylation sites is 1. The Kier molecular flexibility index (Phi) is 9.90. The van der Waals surface area contributed by atoms with Crippen molar-refractivity contribution in [3.05, 3.63) is 110 Å². The van der Waals surface area contributed by atoms with E-state index in [4.69, 9.17) is 18.5 Å². The monoisotopic (exact) mass is 613 g/mol. The molecule has 1 saturated heterocycles. The maximum atomic E-state index is 14.1. The van der Waals surface area contributed by atoms with Gasteiger partial charge in [0.15, 0.2) is 6.23 Å². The topological polar surface area (TPSA) is 195 Å². The summed E-state index contributed by atoms with van der Waals surface area (Å²) < 4.78 is 38.0. The van der Waals surface area contributed by atoms with Crippen molar-refractivity contribution in [2.45, 2.75) is 50.8 Å². The van der Waals surface area contributed by atoms with Gasteiger partial charge in [0.25, 0.3) is 5.56 Å². The summed E-state index contributed by atoms with van der Waals surface area (Å²) in [5.41, 5.74) is 6.74. The summed E-state index contributed by atoms with van der Waals surface area (Å²) in [6, 6.07) is 18.4. The van der Waals surface area contributed by atoms with Gasteiger partial charge in [-0.2, -0.15) is 0 Å². The fraction of sp³-hybridized carbons (Fsp3) is 0.393. The molecule has 2 aromatic carbocycles. The van der Waals surface area contributed by atoms with Crippen LogP contribution in [0.15, 0.2) is 87.6 Å². The summed E-state index contributed by atoms with van der Waals surface area (Å²) in [6.45, 7) is 4.09. The van der Waals surface area contributed by atoms with Gasteiger partial charge in [-0.15, -0.1) is 0 Å². The number of aromatic amines is 1. The maximum Gasteiger partial charge on any atom is 0.380 e. The van der Waals surface area contributed by atoms with Gasteiger partial charge < -0.3 is 19.1 Å². The number of aromatic nitrogens is 2. The van der Waals surface area contributed by atoms with Crippen LogP contribution in [0.1, 0.15) is 38.7 Å². The SMILES string of the molecule is C[C@H](CP(=O)(OC[C@H]1O[C@@H](n2ccc(=O)[nH]c2=O)[C@](C)(N=[N+]=[N-])[C@@H]1O)Oc1ccccc1)C(=O)O[C@@H](C)c1ccccc1. The highest BCUT2D eigenvalue weighted by molar-refractivity contribution is 7.54. The van der Waals surface area contributed by atoms with Gasteiger partial charge in [-0.25, -0.2) is 9.36 Å². The summed E-state index contributed by atoms with van der Waals surface area (Å²) in [4.78, 5) is 41.9. The molecule has 2 heterocycles. The van der Waals surface area contributed by atoms with Crippen LogP contribution in [-0.2, 0) is 23.4 Å². The second-order valence-electron chi connectivity index (χ2n) is 10.3. The van der Waals surface area contributed by atoms with Crippen molar-refractivity contribution in [2.75, 3.05) is 12.8 Å². The summed E-state index contributed by atoms with van der Waals surface area (Å²) in [7, 11) is -4.12. The Bertz CT molecular complexity index is 1630. The molecule has 4 rings (SSSR count). The highest BCUT2D eigenvalue weighted by Crippen LogP contribution is 2.51. The van der Waals surface area contributed by atoms with Crippen LogP contribution >= 0.6 is 7.60 Å². The molecular weight excluding hydrogens is 581 g/mol. The minimum Gasteiger partial charge on any atom is -0.458 e. The van der Waals surface area contributed by atoms with Gasteiger partial charge in [-0.3, -0.25) is 23.7 Å². The van der Waals surface area contributed by atoms with Crippen LogP contribution in [0.5, 0.6) is 5.75 Å². The molecule has 0 bridgehead atoms. The van der Waals surface area contributed by atoms with E-state index in [0.717, 1.165) is 22.4 Å². The summed E-state index contributed by atoms with van der Waals surface area (Å²) in [5, 5.41) is 14.8. The molecule has 1 aliphatic rings. The molecular formula is C28H32N5O9P. The Labute approximate surface area is 246 Å². The van der Waals surface area contributed by atoms with Crippen LogP contribution in [0.3, 0.4) is 0 Å². The number of hydrogen-bond acceptors (Lipinski definition) is 10. The standard InChI is InChI=1S/C28H32N5O9P/c1-18(25(36)40-19(2)20-10-6-4-7-11-20)17-43(38,42-21-12-8-5-9-13-21)39-16-22-24(35)28(3,31-32-29)26(41-22)33-15-14-23(34)30-27(33)37/h4-15,18-19,22,24,26,35H,16-17H2,1-3H3,(H,30,34,37)/t18-,19+,22-,24-,26-,28-,43?/m1/s1. The number of nitrogens with one attached hydrogen (secondary N) is 1.